The molecule has 0 bridgehead atoms. The topological polar surface area (TPSA) is 42.2 Å². The van der Waals surface area contributed by atoms with E-state index in [9.17, 15) is 4.39 Å². The number of hydrogen-bond donors (Lipinski definition) is 0. The first-order valence-electron chi connectivity index (χ1n) is 6.37. The van der Waals surface area contributed by atoms with E-state index in [4.69, 9.17) is 4.42 Å². The average molecular weight is 295 g/mol. The third-order valence-electron chi connectivity index (χ3n) is 3.10. The minimum absolute atomic E-state index is 0.279. The van der Waals surface area contributed by atoms with E-state index in [0.717, 1.165) is 11.3 Å². The predicted molar refractivity (Wildman–Crippen MR) is 79.0 cm³/mol. The van der Waals surface area contributed by atoms with Gasteiger partial charge in [-0.2, -0.15) is 11.8 Å². The molecule has 0 aliphatic rings. The van der Waals surface area contributed by atoms with E-state index in [1.807, 2.05) is 18.8 Å². The molecule has 2 rings (SSSR count). The smallest absolute Gasteiger partial charge is 0.247 e. The summed E-state index contributed by atoms with van der Waals surface area (Å²) in [5.41, 5.74) is 0.727. The molecule has 0 aliphatic carbocycles. The molecular formula is C14H18FN3OS. The van der Waals surface area contributed by atoms with Crippen LogP contribution in [0.15, 0.2) is 28.7 Å². The molecule has 0 unspecified atom stereocenters. The Balaban J connectivity index is 2.03. The second kappa shape index (κ2) is 6.85. The van der Waals surface area contributed by atoms with Gasteiger partial charge in [0, 0.05) is 17.4 Å². The van der Waals surface area contributed by atoms with Gasteiger partial charge in [-0.3, -0.25) is 4.90 Å². The van der Waals surface area contributed by atoms with Crippen LogP contribution in [-0.2, 0) is 6.54 Å². The summed E-state index contributed by atoms with van der Waals surface area (Å²) in [6.45, 7) is 2.77. The van der Waals surface area contributed by atoms with Crippen molar-refractivity contribution >= 4 is 11.8 Å². The largest absolute Gasteiger partial charge is 0.419 e. The van der Waals surface area contributed by atoms with Crippen LogP contribution < -0.4 is 0 Å². The molecule has 0 amide bonds. The van der Waals surface area contributed by atoms with E-state index in [1.165, 1.54) is 12.1 Å². The van der Waals surface area contributed by atoms with Crippen LogP contribution in [0.4, 0.5) is 4.39 Å². The number of rotatable bonds is 6. The molecule has 0 spiro atoms. The number of aromatic nitrogens is 2. The Bertz CT molecular complexity index is 544. The zero-order valence-corrected chi connectivity index (χ0v) is 12.7. The molecule has 0 radical (unpaired) electrons. The molecule has 6 heteroatoms. The Morgan fingerprint density at radius 1 is 1.30 bits per heavy atom. The summed E-state index contributed by atoms with van der Waals surface area (Å²) in [5.74, 6) is 1.76. The highest BCUT2D eigenvalue weighted by atomic mass is 32.2. The van der Waals surface area contributed by atoms with Crippen molar-refractivity contribution < 1.29 is 8.81 Å². The fourth-order valence-corrected chi connectivity index (χ4v) is 2.50. The maximum atomic E-state index is 12.9. The quantitative estimate of drug-likeness (QED) is 0.819. The molecule has 2 aromatic rings. The maximum absolute atomic E-state index is 12.9. The zero-order valence-electron chi connectivity index (χ0n) is 11.8. The van der Waals surface area contributed by atoms with Gasteiger partial charge in [-0.15, -0.1) is 10.2 Å². The van der Waals surface area contributed by atoms with Crippen LogP contribution in [0.1, 0.15) is 12.8 Å². The van der Waals surface area contributed by atoms with E-state index in [1.54, 1.807) is 12.1 Å². The van der Waals surface area contributed by atoms with Gasteiger partial charge in [0.25, 0.3) is 0 Å². The van der Waals surface area contributed by atoms with Crippen molar-refractivity contribution in [1.82, 2.24) is 15.1 Å². The number of hydrogen-bond acceptors (Lipinski definition) is 5. The molecule has 0 saturated carbocycles. The van der Waals surface area contributed by atoms with Gasteiger partial charge in [-0.25, -0.2) is 4.39 Å². The van der Waals surface area contributed by atoms with Gasteiger partial charge in [-0.1, -0.05) is 0 Å². The molecule has 108 valence electrons. The van der Waals surface area contributed by atoms with Gasteiger partial charge in [0.1, 0.15) is 5.82 Å². The Hall–Kier alpha value is -1.40. The molecule has 1 atom stereocenters. The summed E-state index contributed by atoms with van der Waals surface area (Å²) in [7, 11) is 2.03. The first-order valence-corrected chi connectivity index (χ1v) is 7.77. The van der Waals surface area contributed by atoms with Crippen molar-refractivity contribution in [3.05, 3.63) is 36.0 Å². The summed E-state index contributed by atoms with van der Waals surface area (Å²) < 4.78 is 18.5. The molecule has 1 heterocycles. The highest BCUT2D eigenvalue weighted by Gasteiger charge is 2.14. The lowest BCUT2D eigenvalue weighted by Crippen LogP contribution is -2.30. The van der Waals surface area contributed by atoms with Crippen molar-refractivity contribution in [1.29, 1.82) is 0 Å². The Kier molecular flexibility index (Phi) is 5.14. The van der Waals surface area contributed by atoms with Crippen LogP contribution in [0.3, 0.4) is 0 Å². The van der Waals surface area contributed by atoms with E-state index in [2.05, 4.69) is 28.3 Å². The second-order valence-corrected chi connectivity index (χ2v) is 5.64. The third-order valence-corrected chi connectivity index (χ3v) is 3.92. The van der Waals surface area contributed by atoms with Crippen LogP contribution >= 0.6 is 11.8 Å². The zero-order chi connectivity index (χ0) is 14.5. The van der Waals surface area contributed by atoms with Gasteiger partial charge < -0.3 is 4.42 Å². The Morgan fingerprint density at radius 2 is 2.00 bits per heavy atom. The van der Waals surface area contributed by atoms with Gasteiger partial charge in [0.15, 0.2) is 0 Å². The van der Waals surface area contributed by atoms with Crippen LogP contribution in [0.5, 0.6) is 0 Å². The summed E-state index contributed by atoms with van der Waals surface area (Å²) >= 11 is 1.81. The van der Waals surface area contributed by atoms with Crippen molar-refractivity contribution in [2.45, 2.75) is 19.5 Å². The van der Waals surface area contributed by atoms with Crippen LogP contribution in [0, 0.1) is 5.82 Å². The summed E-state index contributed by atoms with van der Waals surface area (Å²) in [6, 6.07) is 6.46. The third kappa shape index (κ3) is 3.80. The van der Waals surface area contributed by atoms with Crippen molar-refractivity contribution in [3.8, 4) is 11.5 Å². The normalized spacial score (nSPS) is 12.8. The number of nitrogens with zero attached hydrogens (tertiary/aromatic N) is 3. The lowest BCUT2D eigenvalue weighted by molar-refractivity contribution is 0.243. The first kappa shape index (κ1) is 15.0. The molecule has 20 heavy (non-hydrogen) atoms. The van der Waals surface area contributed by atoms with Crippen molar-refractivity contribution in [3.63, 3.8) is 0 Å². The summed E-state index contributed by atoms with van der Waals surface area (Å²) in [6.07, 6.45) is 2.09. The minimum Gasteiger partial charge on any atom is -0.419 e. The molecule has 0 fully saturated rings. The van der Waals surface area contributed by atoms with Gasteiger partial charge in [0.05, 0.1) is 6.54 Å². The molecule has 0 aliphatic heterocycles. The van der Waals surface area contributed by atoms with Crippen LogP contribution in [-0.4, -0.2) is 40.2 Å². The van der Waals surface area contributed by atoms with E-state index >= 15 is 0 Å². The molecular weight excluding hydrogens is 277 g/mol. The maximum Gasteiger partial charge on any atom is 0.247 e. The SMILES string of the molecule is CSC[C@H](C)N(C)Cc1nnc(-c2ccc(F)cc2)o1. The highest BCUT2D eigenvalue weighted by Crippen LogP contribution is 2.19. The molecule has 0 saturated heterocycles. The minimum atomic E-state index is -0.279. The van der Waals surface area contributed by atoms with Gasteiger partial charge in [0.2, 0.25) is 11.8 Å². The summed E-state index contributed by atoms with van der Waals surface area (Å²) in [4.78, 5) is 2.17. The lowest BCUT2D eigenvalue weighted by Gasteiger charge is -2.21. The molecule has 0 N–H and O–H groups in total. The van der Waals surface area contributed by atoms with Gasteiger partial charge >= 0.3 is 0 Å². The monoisotopic (exact) mass is 295 g/mol. The average Bonchev–Trinajstić information content (AvgIpc) is 2.88. The molecule has 1 aromatic carbocycles. The van der Waals surface area contributed by atoms with E-state index in [-0.39, 0.29) is 5.82 Å². The van der Waals surface area contributed by atoms with Crippen LogP contribution in [0.25, 0.3) is 11.5 Å². The number of halogens is 1. The fourth-order valence-electron chi connectivity index (χ4n) is 1.76. The van der Waals surface area contributed by atoms with Crippen molar-refractivity contribution in [2.75, 3.05) is 19.1 Å². The summed E-state index contributed by atoms with van der Waals surface area (Å²) in [5, 5.41) is 8.04. The first-order chi connectivity index (χ1) is 9.60. The Labute approximate surface area is 122 Å². The molecule has 1 aromatic heterocycles. The highest BCUT2D eigenvalue weighted by molar-refractivity contribution is 7.98. The molecule has 4 nitrogen and oxygen atoms in total. The number of thioether (sulfide) groups is 1. The van der Waals surface area contributed by atoms with Gasteiger partial charge in [-0.05, 0) is 44.5 Å². The lowest BCUT2D eigenvalue weighted by atomic mass is 10.2. The second-order valence-electron chi connectivity index (χ2n) is 4.73. The van der Waals surface area contributed by atoms with E-state index < -0.39 is 0 Å². The fraction of sp³-hybridized carbons (Fsp3) is 0.429. The number of benzene rings is 1. The van der Waals surface area contributed by atoms with Crippen LogP contribution in [0.2, 0.25) is 0 Å². The predicted octanol–water partition coefficient (Wildman–Crippen LogP) is 3.06. The van der Waals surface area contributed by atoms with E-state index in [0.29, 0.717) is 24.4 Å². The standard InChI is InChI=1S/C14H18FN3OS/c1-10(9-20-3)18(2)8-13-16-17-14(19-13)11-4-6-12(15)7-5-11/h4-7,10H,8-9H2,1-3H3/t10-/m0/s1. The Morgan fingerprint density at radius 3 is 2.65 bits per heavy atom. The van der Waals surface area contributed by atoms with Crippen molar-refractivity contribution in [2.24, 2.45) is 0 Å².